The highest BCUT2D eigenvalue weighted by Crippen LogP contribution is 2.40. The summed E-state index contributed by atoms with van der Waals surface area (Å²) in [5, 5.41) is 2.91. The number of methoxy groups -OCH3 is 3. The average molecular weight is 343 g/mol. The zero-order valence-corrected chi connectivity index (χ0v) is 14.5. The van der Waals surface area contributed by atoms with Crippen LogP contribution in [-0.2, 0) is 11.2 Å². The van der Waals surface area contributed by atoms with Crippen LogP contribution in [-0.4, -0.2) is 33.8 Å². The van der Waals surface area contributed by atoms with Gasteiger partial charge in [-0.2, -0.15) is 0 Å². The molecule has 6 nitrogen and oxygen atoms in total. The monoisotopic (exact) mass is 343 g/mol. The number of carbonyl (C=O) groups excluding carboxylic acids is 1. The number of para-hydroxylation sites is 1. The third kappa shape index (κ3) is 3.47. The third-order valence-electron chi connectivity index (χ3n) is 4.18. The molecule has 1 heterocycles. The Hall–Kier alpha value is -2.89. The maximum atomic E-state index is 12.6. The van der Waals surface area contributed by atoms with E-state index in [-0.39, 0.29) is 11.8 Å². The molecule has 1 N–H and O–H groups in total. The van der Waals surface area contributed by atoms with E-state index in [2.05, 4.69) is 5.32 Å². The summed E-state index contributed by atoms with van der Waals surface area (Å²) in [6, 6.07) is 11.2. The van der Waals surface area contributed by atoms with Crippen LogP contribution in [0.3, 0.4) is 0 Å². The van der Waals surface area contributed by atoms with Gasteiger partial charge in [-0.3, -0.25) is 4.79 Å². The van der Waals surface area contributed by atoms with Crippen molar-refractivity contribution in [3.63, 3.8) is 0 Å². The fraction of sp³-hybridized carbons (Fsp3) is 0.316. The second kappa shape index (κ2) is 7.34. The molecular weight excluding hydrogens is 322 g/mol. The Morgan fingerprint density at radius 2 is 1.76 bits per heavy atom. The normalized spacial score (nSPS) is 15.6. The lowest BCUT2D eigenvalue weighted by molar-refractivity contribution is -0.121. The zero-order valence-electron chi connectivity index (χ0n) is 14.5. The van der Waals surface area contributed by atoms with Crippen molar-refractivity contribution >= 4 is 11.6 Å². The summed E-state index contributed by atoms with van der Waals surface area (Å²) in [6.07, 6.45) is 0.645. The van der Waals surface area contributed by atoms with Gasteiger partial charge in [-0.15, -0.1) is 0 Å². The summed E-state index contributed by atoms with van der Waals surface area (Å²) >= 11 is 0. The largest absolute Gasteiger partial charge is 0.493 e. The van der Waals surface area contributed by atoms with E-state index in [9.17, 15) is 4.79 Å². The predicted octanol–water partition coefficient (Wildman–Crippen LogP) is 2.90. The van der Waals surface area contributed by atoms with Crippen LogP contribution in [0, 0.1) is 5.92 Å². The Morgan fingerprint density at radius 1 is 1.08 bits per heavy atom. The van der Waals surface area contributed by atoms with E-state index in [1.165, 1.54) is 21.3 Å². The van der Waals surface area contributed by atoms with E-state index in [0.717, 1.165) is 11.3 Å². The predicted molar refractivity (Wildman–Crippen MR) is 93.9 cm³/mol. The molecule has 0 saturated carbocycles. The molecule has 0 unspecified atom stereocenters. The lowest BCUT2D eigenvalue weighted by Crippen LogP contribution is -2.32. The minimum Gasteiger partial charge on any atom is -0.493 e. The Bertz CT molecular complexity index is 749. The van der Waals surface area contributed by atoms with E-state index < -0.39 is 0 Å². The molecule has 2 aromatic rings. The van der Waals surface area contributed by atoms with Crippen molar-refractivity contribution < 1.29 is 23.7 Å². The van der Waals surface area contributed by atoms with Gasteiger partial charge in [0, 0.05) is 17.8 Å². The van der Waals surface area contributed by atoms with Crippen molar-refractivity contribution in [2.45, 2.75) is 6.42 Å². The minimum atomic E-state index is -0.256. The molecule has 0 saturated heterocycles. The highest BCUT2D eigenvalue weighted by Gasteiger charge is 2.26. The van der Waals surface area contributed by atoms with Crippen LogP contribution in [0.5, 0.6) is 23.0 Å². The number of rotatable bonds is 5. The molecule has 0 radical (unpaired) electrons. The second-order valence-electron chi connectivity index (χ2n) is 5.72. The molecule has 0 spiro atoms. The van der Waals surface area contributed by atoms with Gasteiger partial charge in [0.1, 0.15) is 12.4 Å². The van der Waals surface area contributed by atoms with Gasteiger partial charge in [0.15, 0.2) is 11.5 Å². The Balaban J connectivity index is 1.77. The fourth-order valence-electron chi connectivity index (χ4n) is 2.89. The Labute approximate surface area is 146 Å². The molecule has 1 aliphatic rings. The van der Waals surface area contributed by atoms with E-state index in [1.54, 1.807) is 12.1 Å². The van der Waals surface area contributed by atoms with Crippen molar-refractivity contribution in [2.75, 3.05) is 33.3 Å². The molecule has 1 atom stereocenters. The number of hydrogen-bond donors (Lipinski definition) is 1. The second-order valence-corrected chi connectivity index (χ2v) is 5.72. The summed E-state index contributed by atoms with van der Waals surface area (Å²) in [6.45, 7) is 0.354. The summed E-state index contributed by atoms with van der Waals surface area (Å²) in [5.41, 5.74) is 1.62. The molecule has 6 heteroatoms. The summed E-state index contributed by atoms with van der Waals surface area (Å²) in [7, 11) is 4.61. The standard InChI is InChI=1S/C19H21NO5/c1-22-16-9-14(10-17(23-2)18(16)24-3)20-19(21)13-8-12-6-4-5-7-15(12)25-11-13/h4-7,9-10,13H,8,11H2,1-3H3,(H,20,21)/t13-/m1/s1. The van der Waals surface area contributed by atoms with Gasteiger partial charge in [0.05, 0.1) is 27.2 Å². The van der Waals surface area contributed by atoms with E-state index in [0.29, 0.717) is 36.0 Å². The van der Waals surface area contributed by atoms with Crippen LogP contribution in [0.25, 0.3) is 0 Å². The van der Waals surface area contributed by atoms with Gasteiger partial charge in [-0.25, -0.2) is 0 Å². The van der Waals surface area contributed by atoms with Crippen molar-refractivity contribution in [2.24, 2.45) is 5.92 Å². The van der Waals surface area contributed by atoms with Gasteiger partial charge in [-0.1, -0.05) is 18.2 Å². The van der Waals surface area contributed by atoms with Crippen LogP contribution in [0.15, 0.2) is 36.4 Å². The van der Waals surface area contributed by atoms with Gasteiger partial charge in [0.2, 0.25) is 11.7 Å². The first-order valence-corrected chi connectivity index (χ1v) is 7.97. The Morgan fingerprint density at radius 3 is 2.40 bits per heavy atom. The van der Waals surface area contributed by atoms with Crippen LogP contribution < -0.4 is 24.3 Å². The molecule has 1 amide bonds. The van der Waals surface area contributed by atoms with Gasteiger partial charge in [0.25, 0.3) is 0 Å². The lowest BCUT2D eigenvalue weighted by Gasteiger charge is -2.24. The van der Waals surface area contributed by atoms with Gasteiger partial charge in [-0.05, 0) is 18.1 Å². The molecule has 1 aliphatic heterocycles. The maximum Gasteiger partial charge on any atom is 0.231 e. The van der Waals surface area contributed by atoms with Crippen molar-refractivity contribution in [3.05, 3.63) is 42.0 Å². The Kier molecular flexibility index (Phi) is 4.97. The SMILES string of the molecule is COc1cc(NC(=O)[C@H]2COc3ccccc3C2)cc(OC)c1OC. The molecule has 132 valence electrons. The number of carbonyl (C=O) groups is 1. The number of fused-ring (bicyclic) bond motifs is 1. The quantitative estimate of drug-likeness (QED) is 0.904. The van der Waals surface area contributed by atoms with Crippen LogP contribution >= 0.6 is 0 Å². The van der Waals surface area contributed by atoms with Gasteiger partial charge < -0.3 is 24.3 Å². The average Bonchev–Trinajstić information content (AvgIpc) is 2.66. The van der Waals surface area contributed by atoms with E-state index in [1.807, 2.05) is 24.3 Å². The highest BCUT2D eigenvalue weighted by atomic mass is 16.5. The number of benzene rings is 2. The topological polar surface area (TPSA) is 66.0 Å². The number of anilines is 1. The summed E-state index contributed by atoms with van der Waals surface area (Å²) < 4.78 is 21.6. The van der Waals surface area contributed by atoms with Gasteiger partial charge >= 0.3 is 0 Å². The fourth-order valence-corrected chi connectivity index (χ4v) is 2.89. The molecule has 25 heavy (non-hydrogen) atoms. The number of nitrogens with one attached hydrogen (secondary N) is 1. The molecule has 2 aromatic carbocycles. The zero-order chi connectivity index (χ0) is 17.8. The number of hydrogen-bond acceptors (Lipinski definition) is 5. The van der Waals surface area contributed by atoms with Crippen molar-refractivity contribution in [1.82, 2.24) is 0 Å². The molecule has 0 aliphatic carbocycles. The third-order valence-corrected chi connectivity index (χ3v) is 4.18. The molecule has 0 fully saturated rings. The van der Waals surface area contributed by atoms with Crippen LogP contribution in [0.4, 0.5) is 5.69 Å². The first-order valence-electron chi connectivity index (χ1n) is 7.97. The number of ether oxygens (including phenoxy) is 4. The first-order chi connectivity index (χ1) is 12.2. The van der Waals surface area contributed by atoms with Crippen molar-refractivity contribution in [1.29, 1.82) is 0 Å². The summed E-state index contributed by atoms with van der Waals surface area (Å²) in [5.74, 6) is 1.94. The highest BCUT2D eigenvalue weighted by molar-refractivity contribution is 5.93. The van der Waals surface area contributed by atoms with Crippen molar-refractivity contribution in [3.8, 4) is 23.0 Å². The minimum absolute atomic E-state index is 0.108. The smallest absolute Gasteiger partial charge is 0.231 e. The van der Waals surface area contributed by atoms with Crippen LogP contribution in [0.2, 0.25) is 0 Å². The molecule has 0 aromatic heterocycles. The molecule has 3 rings (SSSR count). The summed E-state index contributed by atoms with van der Waals surface area (Å²) in [4.78, 5) is 12.6. The molecular formula is C19H21NO5. The maximum absolute atomic E-state index is 12.6. The molecule has 0 bridgehead atoms. The lowest BCUT2D eigenvalue weighted by atomic mass is 9.96. The van der Waals surface area contributed by atoms with E-state index >= 15 is 0 Å². The van der Waals surface area contributed by atoms with Crippen LogP contribution in [0.1, 0.15) is 5.56 Å². The first kappa shape index (κ1) is 17.0. The van der Waals surface area contributed by atoms with E-state index in [4.69, 9.17) is 18.9 Å². The number of amides is 1.